The Hall–Kier alpha value is -0.610. The molecule has 4 heteroatoms. The number of nitrogens with two attached hydrogens (primary N) is 1. The number of rotatable bonds is 2. The normalized spacial score (nSPS) is 24.2. The Bertz CT molecular complexity index is 149. The van der Waals surface area contributed by atoms with E-state index in [-0.39, 0.29) is 5.91 Å². The summed E-state index contributed by atoms with van der Waals surface area (Å²) in [4.78, 5) is 13.0. The minimum absolute atomic E-state index is 0.225. The molecule has 0 radical (unpaired) electrons. The average molecular weight is 157 g/mol. The third kappa shape index (κ3) is 1.91. The van der Waals surface area contributed by atoms with Gasteiger partial charge in [-0.1, -0.05) is 6.92 Å². The van der Waals surface area contributed by atoms with Crippen LogP contribution >= 0.6 is 0 Å². The first-order valence-electron chi connectivity index (χ1n) is 4.01. The van der Waals surface area contributed by atoms with Crippen LogP contribution in [-0.2, 0) is 4.79 Å². The fourth-order valence-corrected chi connectivity index (χ4v) is 1.35. The molecule has 0 aliphatic carbocycles. The van der Waals surface area contributed by atoms with Gasteiger partial charge < -0.3 is 4.90 Å². The van der Waals surface area contributed by atoms with Crippen LogP contribution < -0.4 is 11.3 Å². The molecule has 1 rings (SSSR count). The lowest BCUT2D eigenvalue weighted by atomic mass is 10.3. The molecular formula is C7H15N3O. The first-order chi connectivity index (χ1) is 5.27. The number of hydrogen-bond acceptors (Lipinski definition) is 3. The van der Waals surface area contributed by atoms with E-state index in [1.54, 1.807) is 0 Å². The summed E-state index contributed by atoms with van der Waals surface area (Å²) in [5.74, 6) is 5.47. The Morgan fingerprint density at radius 1 is 1.82 bits per heavy atom. The van der Waals surface area contributed by atoms with Crippen molar-refractivity contribution in [1.29, 1.82) is 0 Å². The molecule has 3 N–H and O–H groups in total. The van der Waals surface area contributed by atoms with Gasteiger partial charge in [0, 0.05) is 25.6 Å². The molecule has 4 nitrogen and oxygen atoms in total. The second kappa shape index (κ2) is 3.69. The van der Waals surface area contributed by atoms with Crippen molar-refractivity contribution in [2.45, 2.75) is 25.8 Å². The summed E-state index contributed by atoms with van der Waals surface area (Å²) in [5, 5.41) is 0. The van der Waals surface area contributed by atoms with Gasteiger partial charge in [-0.05, 0) is 6.42 Å². The maximum Gasteiger partial charge on any atom is 0.222 e. The van der Waals surface area contributed by atoms with Crippen LogP contribution in [0.1, 0.15) is 19.8 Å². The number of likely N-dealkylation sites (tertiary alicyclic amines) is 1. The zero-order valence-electron chi connectivity index (χ0n) is 6.84. The summed E-state index contributed by atoms with van der Waals surface area (Å²) in [6, 6.07) is 0.297. The number of nitrogens with one attached hydrogen (secondary N) is 1. The molecule has 0 aromatic carbocycles. The van der Waals surface area contributed by atoms with Gasteiger partial charge in [-0.2, -0.15) is 0 Å². The molecule has 1 saturated heterocycles. The summed E-state index contributed by atoms with van der Waals surface area (Å²) in [6.07, 6.45) is 1.57. The molecule has 0 aromatic heterocycles. The number of hydrazine groups is 1. The van der Waals surface area contributed by atoms with Gasteiger partial charge >= 0.3 is 0 Å². The SMILES string of the molecule is CCC(=O)N1CCC(NN)C1. The highest BCUT2D eigenvalue weighted by Crippen LogP contribution is 2.08. The van der Waals surface area contributed by atoms with Crippen LogP contribution in [0.5, 0.6) is 0 Å². The summed E-state index contributed by atoms with van der Waals surface area (Å²) in [7, 11) is 0. The van der Waals surface area contributed by atoms with Crippen LogP contribution in [0.2, 0.25) is 0 Å². The highest BCUT2D eigenvalue weighted by Gasteiger charge is 2.23. The van der Waals surface area contributed by atoms with Crippen LogP contribution in [0.4, 0.5) is 0 Å². The fraction of sp³-hybridized carbons (Fsp3) is 0.857. The lowest BCUT2D eigenvalue weighted by Crippen LogP contribution is -2.38. The van der Waals surface area contributed by atoms with Gasteiger partial charge in [0.25, 0.3) is 0 Å². The van der Waals surface area contributed by atoms with Crippen molar-refractivity contribution in [3.8, 4) is 0 Å². The van der Waals surface area contributed by atoms with E-state index in [1.165, 1.54) is 0 Å². The number of carbonyl (C=O) groups excluding carboxylic acids is 1. The summed E-state index contributed by atoms with van der Waals surface area (Å²) < 4.78 is 0. The van der Waals surface area contributed by atoms with Crippen molar-refractivity contribution in [3.05, 3.63) is 0 Å². The lowest BCUT2D eigenvalue weighted by molar-refractivity contribution is -0.129. The predicted octanol–water partition coefficient (Wildman–Crippen LogP) is -0.539. The van der Waals surface area contributed by atoms with Gasteiger partial charge in [-0.25, -0.2) is 0 Å². The number of nitrogens with zero attached hydrogens (tertiary/aromatic N) is 1. The van der Waals surface area contributed by atoms with E-state index >= 15 is 0 Å². The van der Waals surface area contributed by atoms with E-state index in [0.717, 1.165) is 19.5 Å². The Balaban J connectivity index is 2.35. The third-order valence-corrected chi connectivity index (χ3v) is 2.08. The highest BCUT2D eigenvalue weighted by atomic mass is 16.2. The smallest absolute Gasteiger partial charge is 0.222 e. The molecule has 1 atom stereocenters. The van der Waals surface area contributed by atoms with Crippen molar-refractivity contribution >= 4 is 5.91 Å². The Kier molecular flexibility index (Phi) is 2.84. The average Bonchev–Trinajstić information content (AvgIpc) is 2.50. The minimum Gasteiger partial charge on any atom is -0.341 e. The molecule has 0 aromatic rings. The van der Waals surface area contributed by atoms with Crippen LogP contribution in [0.3, 0.4) is 0 Å². The molecule has 1 fully saturated rings. The zero-order valence-corrected chi connectivity index (χ0v) is 6.84. The molecule has 0 bridgehead atoms. The molecule has 1 aliphatic heterocycles. The monoisotopic (exact) mass is 157 g/mol. The second-order valence-corrected chi connectivity index (χ2v) is 2.85. The van der Waals surface area contributed by atoms with Gasteiger partial charge in [0.15, 0.2) is 0 Å². The van der Waals surface area contributed by atoms with E-state index in [0.29, 0.717) is 12.5 Å². The molecule has 1 heterocycles. The third-order valence-electron chi connectivity index (χ3n) is 2.08. The molecule has 0 spiro atoms. The van der Waals surface area contributed by atoms with Crippen molar-refractivity contribution in [2.75, 3.05) is 13.1 Å². The lowest BCUT2D eigenvalue weighted by Gasteiger charge is -2.14. The molecule has 1 unspecified atom stereocenters. The zero-order chi connectivity index (χ0) is 8.27. The molecule has 11 heavy (non-hydrogen) atoms. The first kappa shape index (κ1) is 8.49. The van der Waals surface area contributed by atoms with Gasteiger partial charge in [-0.15, -0.1) is 0 Å². The fourth-order valence-electron chi connectivity index (χ4n) is 1.35. The van der Waals surface area contributed by atoms with Gasteiger partial charge in [0.05, 0.1) is 0 Å². The second-order valence-electron chi connectivity index (χ2n) is 2.85. The summed E-state index contributed by atoms with van der Waals surface area (Å²) >= 11 is 0. The van der Waals surface area contributed by atoms with Gasteiger partial charge in [0.1, 0.15) is 0 Å². The van der Waals surface area contributed by atoms with E-state index in [2.05, 4.69) is 5.43 Å². The summed E-state index contributed by atoms with van der Waals surface area (Å²) in [6.45, 7) is 3.50. The van der Waals surface area contributed by atoms with Crippen LogP contribution in [0.25, 0.3) is 0 Å². The van der Waals surface area contributed by atoms with E-state index < -0.39 is 0 Å². The molecule has 1 aliphatic rings. The highest BCUT2D eigenvalue weighted by molar-refractivity contribution is 5.76. The van der Waals surface area contributed by atoms with Crippen molar-refractivity contribution < 1.29 is 4.79 Å². The Morgan fingerprint density at radius 3 is 3.00 bits per heavy atom. The maximum absolute atomic E-state index is 11.1. The van der Waals surface area contributed by atoms with Gasteiger partial charge in [0.2, 0.25) is 5.91 Å². The van der Waals surface area contributed by atoms with Gasteiger partial charge in [-0.3, -0.25) is 16.1 Å². The maximum atomic E-state index is 11.1. The standard InChI is InChI=1S/C7H15N3O/c1-2-7(11)10-4-3-6(5-10)9-8/h6,9H,2-5,8H2,1H3. The van der Waals surface area contributed by atoms with Crippen LogP contribution in [-0.4, -0.2) is 29.9 Å². The van der Waals surface area contributed by atoms with E-state index in [9.17, 15) is 4.79 Å². The van der Waals surface area contributed by atoms with Crippen molar-refractivity contribution in [1.82, 2.24) is 10.3 Å². The molecule has 64 valence electrons. The Morgan fingerprint density at radius 2 is 2.55 bits per heavy atom. The quantitative estimate of drug-likeness (QED) is 0.418. The first-order valence-corrected chi connectivity index (χ1v) is 4.01. The molecular weight excluding hydrogens is 142 g/mol. The number of hydrogen-bond donors (Lipinski definition) is 2. The summed E-state index contributed by atoms with van der Waals surface area (Å²) in [5.41, 5.74) is 2.68. The number of amides is 1. The van der Waals surface area contributed by atoms with Crippen LogP contribution in [0, 0.1) is 0 Å². The van der Waals surface area contributed by atoms with Crippen LogP contribution in [0.15, 0.2) is 0 Å². The molecule has 1 amide bonds. The topological polar surface area (TPSA) is 58.4 Å². The van der Waals surface area contributed by atoms with E-state index in [1.807, 2.05) is 11.8 Å². The predicted molar refractivity (Wildman–Crippen MR) is 42.6 cm³/mol. The van der Waals surface area contributed by atoms with Crippen molar-refractivity contribution in [3.63, 3.8) is 0 Å². The van der Waals surface area contributed by atoms with Crippen molar-refractivity contribution in [2.24, 2.45) is 5.84 Å². The minimum atomic E-state index is 0.225. The number of carbonyl (C=O) groups is 1. The Labute approximate surface area is 66.7 Å². The van der Waals surface area contributed by atoms with E-state index in [4.69, 9.17) is 5.84 Å². The molecule has 0 saturated carbocycles. The largest absolute Gasteiger partial charge is 0.341 e.